The number of benzene rings is 1. The van der Waals surface area contributed by atoms with Crippen molar-refractivity contribution in [1.82, 2.24) is 4.90 Å². The van der Waals surface area contributed by atoms with Crippen molar-refractivity contribution in [3.63, 3.8) is 0 Å². The maximum Gasteiger partial charge on any atom is 0.267 e. The van der Waals surface area contributed by atoms with Crippen LogP contribution in [0.3, 0.4) is 0 Å². The number of carbonyl (C=O) groups excluding carboxylic acids is 2. The molecule has 0 N–H and O–H groups in total. The Morgan fingerprint density at radius 2 is 2.00 bits per heavy atom. The van der Waals surface area contributed by atoms with E-state index < -0.39 is 6.10 Å². The van der Waals surface area contributed by atoms with E-state index in [2.05, 4.69) is 4.90 Å². The van der Waals surface area contributed by atoms with E-state index in [4.69, 9.17) is 4.74 Å². The Morgan fingerprint density at radius 3 is 2.68 bits per heavy atom. The summed E-state index contributed by atoms with van der Waals surface area (Å²) in [6.45, 7) is 7.02. The normalized spacial score (nSPS) is 21.6. The number of carbonyl (C=O) groups is 2. The molecule has 22 heavy (non-hydrogen) atoms. The Labute approximate surface area is 130 Å². The van der Waals surface area contributed by atoms with Gasteiger partial charge in [-0.05, 0) is 58.0 Å². The third-order valence-electron chi connectivity index (χ3n) is 4.41. The largest absolute Gasteiger partial charge is 0.479 e. The Morgan fingerprint density at radius 1 is 1.27 bits per heavy atom. The van der Waals surface area contributed by atoms with Crippen molar-refractivity contribution in [2.45, 2.75) is 32.8 Å². The van der Waals surface area contributed by atoms with Crippen molar-refractivity contribution < 1.29 is 14.3 Å². The summed E-state index contributed by atoms with van der Waals surface area (Å²) in [6, 6.07) is 5.31. The highest BCUT2D eigenvalue weighted by Crippen LogP contribution is 2.35. The maximum atomic E-state index is 12.5. The summed E-state index contributed by atoms with van der Waals surface area (Å²) >= 11 is 0. The van der Waals surface area contributed by atoms with Crippen LogP contribution >= 0.6 is 0 Å². The van der Waals surface area contributed by atoms with Crippen molar-refractivity contribution in [1.29, 1.82) is 0 Å². The number of likely N-dealkylation sites (tertiary alicyclic amines) is 1. The summed E-state index contributed by atoms with van der Waals surface area (Å²) in [6.07, 6.45) is 1.99. The topological polar surface area (TPSA) is 49.9 Å². The van der Waals surface area contributed by atoms with Crippen LogP contribution in [0.4, 0.5) is 5.69 Å². The van der Waals surface area contributed by atoms with E-state index >= 15 is 0 Å². The lowest BCUT2D eigenvalue weighted by Gasteiger charge is -2.34. The van der Waals surface area contributed by atoms with Crippen molar-refractivity contribution >= 4 is 17.4 Å². The number of ketones is 1. The number of amides is 1. The number of hydrogen-bond acceptors (Lipinski definition) is 4. The zero-order chi connectivity index (χ0) is 15.7. The van der Waals surface area contributed by atoms with E-state index in [1.165, 1.54) is 19.8 Å². The molecule has 1 unspecified atom stereocenters. The fraction of sp³-hybridized carbons (Fsp3) is 0.529. The van der Waals surface area contributed by atoms with E-state index in [1.807, 2.05) is 0 Å². The third kappa shape index (κ3) is 2.86. The van der Waals surface area contributed by atoms with Gasteiger partial charge in [0.15, 0.2) is 11.9 Å². The van der Waals surface area contributed by atoms with Gasteiger partial charge in [0.25, 0.3) is 5.91 Å². The average Bonchev–Trinajstić information content (AvgIpc) is 3.00. The molecule has 0 aliphatic carbocycles. The van der Waals surface area contributed by atoms with Crippen LogP contribution in [0.2, 0.25) is 0 Å². The molecule has 1 aromatic carbocycles. The van der Waals surface area contributed by atoms with E-state index in [-0.39, 0.29) is 11.7 Å². The van der Waals surface area contributed by atoms with Crippen molar-refractivity contribution in [2.75, 3.05) is 31.1 Å². The van der Waals surface area contributed by atoms with Gasteiger partial charge in [0, 0.05) is 18.7 Å². The first-order valence-corrected chi connectivity index (χ1v) is 7.91. The minimum absolute atomic E-state index is 0.00614. The van der Waals surface area contributed by atoms with Gasteiger partial charge in [-0.3, -0.25) is 9.59 Å². The SMILES string of the molecule is CC(=O)c1ccc2c(c1)N(CCN1CCCC1)C(=O)C(C)O2. The van der Waals surface area contributed by atoms with Gasteiger partial charge in [0.05, 0.1) is 5.69 Å². The van der Waals surface area contributed by atoms with Crippen LogP contribution in [0.15, 0.2) is 18.2 Å². The van der Waals surface area contributed by atoms with Crippen LogP contribution in [-0.4, -0.2) is 48.9 Å². The minimum Gasteiger partial charge on any atom is -0.479 e. The molecule has 0 aromatic heterocycles. The molecule has 1 aromatic rings. The molecule has 0 radical (unpaired) electrons. The van der Waals surface area contributed by atoms with Gasteiger partial charge < -0.3 is 14.5 Å². The van der Waals surface area contributed by atoms with Gasteiger partial charge in [-0.2, -0.15) is 0 Å². The predicted molar refractivity (Wildman–Crippen MR) is 84.6 cm³/mol. The second-order valence-electron chi connectivity index (χ2n) is 6.04. The Bertz CT molecular complexity index is 594. The van der Waals surface area contributed by atoms with E-state index in [1.54, 1.807) is 30.0 Å². The van der Waals surface area contributed by atoms with Gasteiger partial charge in [0.2, 0.25) is 0 Å². The Hall–Kier alpha value is -1.88. The van der Waals surface area contributed by atoms with E-state index in [9.17, 15) is 9.59 Å². The molecule has 0 saturated carbocycles. The second kappa shape index (κ2) is 6.08. The smallest absolute Gasteiger partial charge is 0.267 e. The quantitative estimate of drug-likeness (QED) is 0.799. The predicted octanol–water partition coefficient (Wildman–Crippen LogP) is 2.10. The molecule has 0 bridgehead atoms. The molecule has 1 fully saturated rings. The van der Waals surface area contributed by atoms with Crippen LogP contribution in [0, 0.1) is 0 Å². The molecule has 118 valence electrons. The first kappa shape index (κ1) is 15.0. The number of ether oxygens (including phenoxy) is 1. The van der Waals surface area contributed by atoms with Gasteiger partial charge in [-0.25, -0.2) is 0 Å². The monoisotopic (exact) mass is 302 g/mol. The zero-order valence-corrected chi connectivity index (χ0v) is 13.2. The standard InChI is InChI=1S/C17H22N2O3/c1-12(20)14-5-6-16-15(11-14)19(17(21)13(2)22-16)10-9-18-7-3-4-8-18/h5-6,11,13H,3-4,7-10H2,1-2H3. The molecule has 1 atom stereocenters. The molecule has 2 aliphatic heterocycles. The Balaban J connectivity index is 1.85. The number of anilines is 1. The van der Waals surface area contributed by atoms with Crippen LogP contribution in [-0.2, 0) is 4.79 Å². The number of rotatable bonds is 4. The van der Waals surface area contributed by atoms with Crippen molar-refractivity contribution in [3.05, 3.63) is 23.8 Å². The molecule has 0 spiro atoms. The molecule has 5 heteroatoms. The van der Waals surface area contributed by atoms with Gasteiger partial charge in [-0.1, -0.05) is 0 Å². The molecule has 1 amide bonds. The first-order valence-electron chi connectivity index (χ1n) is 7.91. The highest BCUT2D eigenvalue weighted by atomic mass is 16.5. The summed E-state index contributed by atoms with van der Waals surface area (Å²) in [5.74, 6) is 0.638. The first-order chi connectivity index (χ1) is 10.6. The summed E-state index contributed by atoms with van der Waals surface area (Å²) in [5, 5.41) is 0. The number of hydrogen-bond donors (Lipinski definition) is 0. The lowest BCUT2D eigenvalue weighted by Crippen LogP contribution is -2.47. The molecular weight excluding hydrogens is 280 g/mol. The second-order valence-corrected chi connectivity index (χ2v) is 6.04. The van der Waals surface area contributed by atoms with Gasteiger partial charge in [0.1, 0.15) is 5.75 Å². The van der Waals surface area contributed by atoms with Gasteiger partial charge in [-0.15, -0.1) is 0 Å². The third-order valence-corrected chi connectivity index (χ3v) is 4.41. The molecule has 1 saturated heterocycles. The summed E-state index contributed by atoms with van der Waals surface area (Å²) < 4.78 is 5.66. The highest BCUT2D eigenvalue weighted by Gasteiger charge is 2.32. The summed E-state index contributed by atoms with van der Waals surface area (Å²) in [4.78, 5) is 28.2. The maximum absolute atomic E-state index is 12.5. The minimum atomic E-state index is -0.478. The highest BCUT2D eigenvalue weighted by molar-refractivity contribution is 6.02. The lowest BCUT2D eigenvalue weighted by molar-refractivity contribution is -0.125. The Kier molecular flexibility index (Phi) is 4.16. The zero-order valence-electron chi connectivity index (χ0n) is 13.2. The number of fused-ring (bicyclic) bond motifs is 1. The number of Topliss-reactive ketones (excluding diaryl/α,β-unsaturated/α-hetero) is 1. The summed E-state index contributed by atoms with van der Waals surface area (Å²) in [5.41, 5.74) is 1.32. The van der Waals surface area contributed by atoms with Crippen LogP contribution in [0.1, 0.15) is 37.0 Å². The van der Waals surface area contributed by atoms with Gasteiger partial charge >= 0.3 is 0 Å². The average molecular weight is 302 g/mol. The molecule has 3 rings (SSSR count). The van der Waals surface area contributed by atoms with Crippen molar-refractivity contribution in [2.24, 2.45) is 0 Å². The fourth-order valence-corrected chi connectivity index (χ4v) is 3.10. The van der Waals surface area contributed by atoms with Crippen molar-refractivity contribution in [3.8, 4) is 5.75 Å². The van der Waals surface area contributed by atoms with Crippen LogP contribution in [0.5, 0.6) is 5.75 Å². The molecular formula is C17H22N2O3. The van der Waals surface area contributed by atoms with E-state index in [0.717, 1.165) is 25.3 Å². The molecule has 2 heterocycles. The lowest BCUT2D eigenvalue weighted by atomic mass is 10.1. The van der Waals surface area contributed by atoms with Crippen LogP contribution < -0.4 is 9.64 Å². The van der Waals surface area contributed by atoms with E-state index in [0.29, 0.717) is 17.9 Å². The molecule has 2 aliphatic rings. The fourth-order valence-electron chi connectivity index (χ4n) is 3.10. The molecule has 5 nitrogen and oxygen atoms in total. The van der Waals surface area contributed by atoms with Crippen LogP contribution in [0.25, 0.3) is 0 Å². The summed E-state index contributed by atoms with van der Waals surface area (Å²) in [7, 11) is 0. The number of nitrogens with zero attached hydrogens (tertiary/aromatic N) is 2.